The van der Waals surface area contributed by atoms with Gasteiger partial charge in [-0.05, 0) is 13.5 Å². The van der Waals surface area contributed by atoms with E-state index in [2.05, 4.69) is 0 Å². The van der Waals surface area contributed by atoms with Crippen LogP contribution in [0, 0.1) is 5.41 Å². The zero-order chi connectivity index (χ0) is 12.1. The molecule has 0 aliphatic carbocycles. The molecule has 1 unspecified atom stereocenters. The highest BCUT2D eigenvalue weighted by Gasteiger charge is 2.32. The van der Waals surface area contributed by atoms with Crippen LogP contribution in [0.3, 0.4) is 0 Å². The largest absolute Gasteiger partial charge is 0.401 e. The van der Waals surface area contributed by atoms with Crippen LogP contribution in [-0.4, -0.2) is 42.9 Å². The minimum atomic E-state index is -4.17. The molecule has 15 heavy (non-hydrogen) atoms. The summed E-state index contributed by atoms with van der Waals surface area (Å²) in [7, 11) is 1.43. The van der Waals surface area contributed by atoms with E-state index < -0.39 is 18.1 Å². The van der Waals surface area contributed by atoms with Crippen LogP contribution in [0.1, 0.15) is 26.7 Å². The Hall–Kier alpha value is -0.290. The molecular weight excluding hydrogens is 207 g/mol. The molecule has 0 aliphatic heterocycles. The molecular formula is C10H20F3NO. The predicted octanol–water partition coefficient (Wildman–Crippen LogP) is 2.28. The summed E-state index contributed by atoms with van der Waals surface area (Å²) in [5.41, 5.74) is -0.436. The van der Waals surface area contributed by atoms with Crippen molar-refractivity contribution in [2.24, 2.45) is 5.41 Å². The molecule has 0 fully saturated rings. The van der Waals surface area contributed by atoms with Gasteiger partial charge in [-0.1, -0.05) is 20.3 Å². The highest BCUT2D eigenvalue weighted by atomic mass is 19.4. The first-order chi connectivity index (χ1) is 6.72. The Labute approximate surface area is 89.1 Å². The fourth-order valence-corrected chi connectivity index (χ4v) is 1.83. The molecule has 5 heteroatoms. The van der Waals surface area contributed by atoms with Crippen LogP contribution in [-0.2, 0) is 0 Å². The molecule has 0 spiro atoms. The van der Waals surface area contributed by atoms with Crippen molar-refractivity contribution in [1.29, 1.82) is 0 Å². The quantitative estimate of drug-likeness (QED) is 0.752. The Morgan fingerprint density at radius 2 is 1.73 bits per heavy atom. The highest BCUT2D eigenvalue weighted by Crippen LogP contribution is 2.25. The van der Waals surface area contributed by atoms with Gasteiger partial charge in [-0.25, -0.2) is 0 Å². The van der Waals surface area contributed by atoms with Crippen molar-refractivity contribution in [3.63, 3.8) is 0 Å². The minimum absolute atomic E-state index is 0.0803. The van der Waals surface area contributed by atoms with E-state index >= 15 is 0 Å². The van der Waals surface area contributed by atoms with E-state index in [4.69, 9.17) is 5.11 Å². The number of aliphatic hydroxyl groups excluding tert-OH is 1. The Bertz CT molecular complexity index is 184. The molecule has 2 nitrogen and oxygen atoms in total. The monoisotopic (exact) mass is 227 g/mol. The van der Waals surface area contributed by atoms with Gasteiger partial charge in [-0.3, -0.25) is 4.90 Å². The van der Waals surface area contributed by atoms with E-state index in [1.807, 2.05) is 13.8 Å². The van der Waals surface area contributed by atoms with Gasteiger partial charge < -0.3 is 5.11 Å². The summed E-state index contributed by atoms with van der Waals surface area (Å²) in [6.07, 6.45) is -2.58. The molecule has 0 aliphatic rings. The number of halogens is 3. The van der Waals surface area contributed by atoms with Crippen molar-refractivity contribution in [3.8, 4) is 0 Å². The molecule has 0 bridgehead atoms. The number of alkyl halides is 3. The predicted molar refractivity (Wildman–Crippen MR) is 53.7 cm³/mol. The lowest BCUT2D eigenvalue weighted by Gasteiger charge is -2.32. The van der Waals surface area contributed by atoms with Crippen LogP contribution in [0.25, 0.3) is 0 Å². The molecule has 0 saturated carbocycles. The average Bonchev–Trinajstić information content (AvgIpc) is 2.00. The van der Waals surface area contributed by atoms with E-state index in [0.29, 0.717) is 0 Å². The van der Waals surface area contributed by atoms with Crippen LogP contribution in [0.5, 0.6) is 0 Å². The fraction of sp³-hybridized carbons (Fsp3) is 1.00. The maximum Gasteiger partial charge on any atom is 0.401 e. The van der Waals surface area contributed by atoms with Gasteiger partial charge >= 0.3 is 6.18 Å². The lowest BCUT2D eigenvalue weighted by molar-refractivity contribution is -0.146. The van der Waals surface area contributed by atoms with Crippen LogP contribution in [0.15, 0.2) is 0 Å². The number of hydrogen-bond acceptors (Lipinski definition) is 2. The summed E-state index contributed by atoms with van der Waals surface area (Å²) in [6.45, 7) is 3.02. The second-order valence-electron chi connectivity index (χ2n) is 4.51. The standard InChI is InChI=1S/C10H20F3NO/c1-4-5-9(2,8-15)6-14(3)7-10(11,12)13/h15H,4-8H2,1-3H3. The van der Waals surface area contributed by atoms with Crippen LogP contribution in [0.4, 0.5) is 13.2 Å². The van der Waals surface area contributed by atoms with Crippen LogP contribution >= 0.6 is 0 Å². The van der Waals surface area contributed by atoms with Crippen molar-refractivity contribution in [3.05, 3.63) is 0 Å². The third-order valence-electron chi connectivity index (χ3n) is 2.34. The summed E-state index contributed by atoms with van der Waals surface area (Å²) >= 11 is 0. The Balaban J connectivity index is 4.18. The number of rotatable bonds is 6. The first-order valence-electron chi connectivity index (χ1n) is 5.08. The van der Waals surface area contributed by atoms with E-state index in [0.717, 1.165) is 12.8 Å². The van der Waals surface area contributed by atoms with Crippen LogP contribution < -0.4 is 0 Å². The molecule has 0 aromatic heterocycles. The third-order valence-corrected chi connectivity index (χ3v) is 2.34. The summed E-state index contributed by atoms with van der Waals surface area (Å²) in [5.74, 6) is 0. The van der Waals surface area contributed by atoms with E-state index in [-0.39, 0.29) is 13.2 Å². The minimum Gasteiger partial charge on any atom is -0.396 e. The molecule has 0 heterocycles. The molecule has 0 aromatic carbocycles. The van der Waals surface area contributed by atoms with Crippen molar-refractivity contribution in [2.45, 2.75) is 32.9 Å². The molecule has 0 saturated heterocycles. The summed E-state index contributed by atoms with van der Waals surface area (Å²) < 4.78 is 36.2. The fourth-order valence-electron chi connectivity index (χ4n) is 1.83. The smallest absolute Gasteiger partial charge is 0.396 e. The van der Waals surface area contributed by atoms with E-state index in [1.54, 1.807) is 0 Å². The van der Waals surface area contributed by atoms with Gasteiger partial charge in [-0.2, -0.15) is 13.2 Å². The van der Waals surface area contributed by atoms with Gasteiger partial charge in [0, 0.05) is 18.6 Å². The maximum atomic E-state index is 12.1. The molecule has 0 amide bonds. The molecule has 92 valence electrons. The van der Waals surface area contributed by atoms with Crippen LogP contribution in [0.2, 0.25) is 0 Å². The number of aliphatic hydroxyl groups is 1. The van der Waals surface area contributed by atoms with Crippen molar-refractivity contribution >= 4 is 0 Å². The lowest BCUT2D eigenvalue weighted by Crippen LogP contribution is -2.40. The van der Waals surface area contributed by atoms with Gasteiger partial charge in [0.1, 0.15) is 0 Å². The molecule has 0 aromatic rings. The Morgan fingerprint density at radius 3 is 2.07 bits per heavy atom. The van der Waals surface area contributed by atoms with Crippen molar-refractivity contribution in [1.82, 2.24) is 4.90 Å². The Kier molecular flexibility index (Phi) is 5.59. The highest BCUT2D eigenvalue weighted by molar-refractivity contribution is 4.77. The second-order valence-corrected chi connectivity index (χ2v) is 4.51. The maximum absolute atomic E-state index is 12.1. The normalized spacial score (nSPS) is 16.8. The van der Waals surface area contributed by atoms with Gasteiger partial charge in [0.15, 0.2) is 0 Å². The summed E-state index contributed by atoms with van der Waals surface area (Å²) in [4.78, 5) is 1.21. The molecule has 0 rings (SSSR count). The molecule has 0 radical (unpaired) electrons. The Morgan fingerprint density at radius 1 is 1.20 bits per heavy atom. The lowest BCUT2D eigenvalue weighted by atomic mass is 9.86. The van der Waals surface area contributed by atoms with E-state index in [9.17, 15) is 13.2 Å². The van der Waals surface area contributed by atoms with Gasteiger partial charge in [-0.15, -0.1) is 0 Å². The second kappa shape index (κ2) is 5.70. The average molecular weight is 227 g/mol. The topological polar surface area (TPSA) is 23.5 Å². The van der Waals surface area contributed by atoms with Crippen molar-refractivity contribution in [2.75, 3.05) is 26.7 Å². The number of hydrogen-bond donors (Lipinski definition) is 1. The summed E-state index contributed by atoms with van der Waals surface area (Å²) in [6, 6.07) is 0. The zero-order valence-corrected chi connectivity index (χ0v) is 9.56. The van der Waals surface area contributed by atoms with Gasteiger partial charge in [0.2, 0.25) is 0 Å². The van der Waals surface area contributed by atoms with Crippen molar-refractivity contribution < 1.29 is 18.3 Å². The first-order valence-corrected chi connectivity index (χ1v) is 5.08. The third kappa shape index (κ3) is 6.73. The zero-order valence-electron chi connectivity index (χ0n) is 9.56. The van der Waals surface area contributed by atoms with Gasteiger partial charge in [0.05, 0.1) is 6.54 Å². The number of nitrogens with zero attached hydrogens (tertiary/aromatic N) is 1. The van der Waals surface area contributed by atoms with Gasteiger partial charge in [0.25, 0.3) is 0 Å². The molecule has 1 atom stereocenters. The van der Waals surface area contributed by atoms with E-state index in [1.165, 1.54) is 11.9 Å². The first kappa shape index (κ1) is 14.7. The molecule has 1 N–H and O–H groups in total. The summed E-state index contributed by atoms with van der Waals surface area (Å²) in [5, 5.41) is 9.16. The SMILES string of the molecule is CCCC(C)(CO)CN(C)CC(F)(F)F.